The second-order valence-corrected chi connectivity index (χ2v) is 15.2. The molecule has 50 heavy (non-hydrogen) atoms. The second kappa shape index (κ2) is 38.6. The summed E-state index contributed by atoms with van der Waals surface area (Å²) in [6, 6.07) is 0. The fourth-order valence-electron chi connectivity index (χ4n) is 6.42. The number of hydrogen-bond acceptors (Lipinski definition) is 6. The van der Waals surface area contributed by atoms with Gasteiger partial charge in [0.25, 0.3) is 0 Å². The van der Waals surface area contributed by atoms with Crippen LogP contribution in [-0.4, -0.2) is 37.2 Å². The van der Waals surface area contributed by atoms with Crippen LogP contribution in [0.1, 0.15) is 240 Å². The molecule has 0 saturated carbocycles. The predicted octanol–water partition coefficient (Wildman–Crippen LogP) is 13.6. The van der Waals surface area contributed by atoms with E-state index in [4.69, 9.17) is 14.2 Å². The van der Waals surface area contributed by atoms with E-state index in [0.717, 1.165) is 63.7 Å². The first-order valence-electron chi connectivity index (χ1n) is 21.9. The molecule has 0 bridgehead atoms. The van der Waals surface area contributed by atoms with Crippen molar-refractivity contribution >= 4 is 17.9 Å². The van der Waals surface area contributed by atoms with Gasteiger partial charge in [-0.2, -0.15) is 0 Å². The Labute approximate surface area is 310 Å². The first-order chi connectivity index (χ1) is 24.4. The van der Waals surface area contributed by atoms with Gasteiger partial charge in [-0.3, -0.25) is 14.4 Å². The number of rotatable bonds is 39. The number of hydrogen-bond donors (Lipinski definition) is 0. The summed E-state index contributed by atoms with van der Waals surface area (Å²) in [7, 11) is 0. The van der Waals surface area contributed by atoms with Gasteiger partial charge in [-0.15, -0.1) is 0 Å². The van der Waals surface area contributed by atoms with E-state index >= 15 is 0 Å². The van der Waals surface area contributed by atoms with Gasteiger partial charge in [0.05, 0.1) is 0 Å². The quantitative estimate of drug-likeness (QED) is 0.0359. The van der Waals surface area contributed by atoms with E-state index in [1.165, 1.54) is 135 Å². The smallest absolute Gasteiger partial charge is 0.306 e. The Morgan fingerprint density at radius 2 is 0.700 bits per heavy atom. The van der Waals surface area contributed by atoms with Crippen LogP contribution in [0.5, 0.6) is 0 Å². The third-order valence-corrected chi connectivity index (χ3v) is 10.2. The average molecular weight is 709 g/mol. The molecule has 0 fully saturated rings. The van der Waals surface area contributed by atoms with Crippen LogP contribution in [0.25, 0.3) is 0 Å². The molecule has 0 rings (SSSR count). The lowest BCUT2D eigenvalue weighted by atomic mass is 9.99. The first-order valence-corrected chi connectivity index (χ1v) is 21.9. The summed E-state index contributed by atoms with van der Waals surface area (Å²) in [5, 5.41) is 0. The molecule has 0 aromatic rings. The summed E-state index contributed by atoms with van der Waals surface area (Å²) in [6.45, 7) is 8.97. The van der Waals surface area contributed by atoms with Crippen LogP contribution in [0.15, 0.2) is 0 Å². The lowest BCUT2D eigenvalue weighted by Crippen LogP contribution is -2.30. The van der Waals surface area contributed by atoms with Crippen LogP contribution < -0.4 is 0 Å². The number of esters is 3. The fraction of sp³-hybridized carbons (Fsp3) is 0.932. The number of ether oxygens (including phenoxy) is 3. The minimum atomic E-state index is -0.758. The number of carbonyl (C=O) groups excluding carboxylic acids is 3. The van der Waals surface area contributed by atoms with Crippen molar-refractivity contribution in [2.75, 3.05) is 13.2 Å². The standard InChI is InChI=1S/C44H84O6/c1-5-8-10-12-14-16-17-19-25-29-33-37-44(47)50-41(38-48-42(45)35-31-27-23-18-15-13-11-9-6-2)39-49-43(46)36-32-28-24-21-20-22-26-30-34-40(4)7-3/h40-41H,5-39H2,1-4H3/t40?,41-/m0/s1. The Kier molecular flexibility index (Phi) is 37.4. The molecule has 0 aliphatic rings. The topological polar surface area (TPSA) is 78.9 Å². The highest BCUT2D eigenvalue weighted by Gasteiger charge is 2.19. The zero-order valence-corrected chi connectivity index (χ0v) is 33.9. The van der Waals surface area contributed by atoms with Crippen molar-refractivity contribution in [1.29, 1.82) is 0 Å². The zero-order valence-electron chi connectivity index (χ0n) is 33.9. The third-order valence-electron chi connectivity index (χ3n) is 10.2. The summed E-state index contributed by atoms with van der Waals surface area (Å²) in [5.41, 5.74) is 0. The van der Waals surface area contributed by atoms with Gasteiger partial charge < -0.3 is 14.2 Å². The maximum absolute atomic E-state index is 12.7. The van der Waals surface area contributed by atoms with Gasteiger partial charge >= 0.3 is 17.9 Å². The van der Waals surface area contributed by atoms with Crippen LogP contribution in [-0.2, 0) is 28.6 Å². The van der Waals surface area contributed by atoms with Crippen molar-refractivity contribution in [3.05, 3.63) is 0 Å². The monoisotopic (exact) mass is 709 g/mol. The maximum Gasteiger partial charge on any atom is 0.306 e. The molecule has 0 N–H and O–H groups in total. The van der Waals surface area contributed by atoms with Crippen molar-refractivity contribution in [3.63, 3.8) is 0 Å². The zero-order chi connectivity index (χ0) is 36.8. The van der Waals surface area contributed by atoms with E-state index in [0.29, 0.717) is 19.3 Å². The van der Waals surface area contributed by atoms with Crippen LogP contribution in [0.3, 0.4) is 0 Å². The number of carbonyl (C=O) groups is 3. The van der Waals surface area contributed by atoms with Gasteiger partial charge in [-0.05, 0) is 25.2 Å². The Morgan fingerprint density at radius 1 is 0.400 bits per heavy atom. The Balaban J connectivity index is 4.34. The minimum absolute atomic E-state index is 0.0646. The van der Waals surface area contributed by atoms with E-state index < -0.39 is 6.10 Å². The molecule has 2 atom stereocenters. The van der Waals surface area contributed by atoms with Crippen molar-refractivity contribution in [2.45, 2.75) is 246 Å². The molecule has 0 radical (unpaired) electrons. The SMILES string of the molecule is CCCCCCCCCCCCCC(=O)O[C@@H](COC(=O)CCCCCCCCCCC)COC(=O)CCCCCCCCCCC(C)CC. The van der Waals surface area contributed by atoms with Crippen molar-refractivity contribution in [3.8, 4) is 0 Å². The van der Waals surface area contributed by atoms with E-state index in [9.17, 15) is 14.4 Å². The average Bonchev–Trinajstić information content (AvgIpc) is 3.11. The van der Waals surface area contributed by atoms with Crippen LogP contribution >= 0.6 is 0 Å². The van der Waals surface area contributed by atoms with E-state index in [1.807, 2.05) is 0 Å². The van der Waals surface area contributed by atoms with Gasteiger partial charge in [0.1, 0.15) is 13.2 Å². The lowest BCUT2D eigenvalue weighted by molar-refractivity contribution is -0.167. The molecular weight excluding hydrogens is 624 g/mol. The molecule has 6 heteroatoms. The van der Waals surface area contributed by atoms with Gasteiger partial charge in [-0.1, -0.05) is 201 Å². The normalized spacial score (nSPS) is 12.5. The second-order valence-electron chi connectivity index (χ2n) is 15.2. The van der Waals surface area contributed by atoms with E-state index in [2.05, 4.69) is 27.7 Å². The molecule has 0 heterocycles. The van der Waals surface area contributed by atoms with E-state index in [1.54, 1.807) is 0 Å². The molecular formula is C44H84O6. The summed E-state index contributed by atoms with van der Waals surface area (Å²) in [5.74, 6) is -0.0128. The Bertz CT molecular complexity index is 753. The summed E-state index contributed by atoms with van der Waals surface area (Å²) >= 11 is 0. The highest BCUT2D eigenvalue weighted by atomic mass is 16.6. The molecule has 0 amide bonds. The first kappa shape index (κ1) is 48.4. The molecule has 6 nitrogen and oxygen atoms in total. The maximum atomic E-state index is 12.7. The van der Waals surface area contributed by atoms with Crippen LogP contribution in [0.2, 0.25) is 0 Å². The van der Waals surface area contributed by atoms with Crippen LogP contribution in [0.4, 0.5) is 0 Å². The number of unbranched alkanes of at least 4 members (excludes halogenated alkanes) is 25. The van der Waals surface area contributed by atoms with Crippen molar-refractivity contribution in [2.24, 2.45) is 5.92 Å². The van der Waals surface area contributed by atoms with Crippen molar-refractivity contribution < 1.29 is 28.6 Å². The minimum Gasteiger partial charge on any atom is -0.462 e. The Hall–Kier alpha value is -1.59. The molecule has 0 aliphatic carbocycles. The van der Waals surface area contributed by atoms with Gasteiger partial charge in [-0.25, -0.2) is 0 Å². The van der Waals surface area contributed by atoms with Gasteiger partial charge in [0.2, 0.25) is 0 Å². The molecule has 296 valence electrons. The lowest BCUT2D eigenvalue weighted by Gasteiger charge is -2.18. The molecule has 0 aliphatic heterocycles. The molecule has 0 aromatic carbocycles. The fourth-order valence-corrected chi connectivity index (χ4v) is 6.42. The summed E-state index contributed by atoms with van der Waals surface area (Å²) in [4.78, 5) is 37.6. The summed E-state index contributed by atoms with van der Waals surface area (Å²) in [6.07, 6.45) is 36.5. The summed E-state index contributed by atoms with van der Waals surface area (Å²) < 4.78 is 16.7. The Morgan fingerprint density at radius 3 is 1.04 bits per heavy atom. The highest BCUT2D eigenvalue weighted by molar-refractivity contribution is 5.71. The van der Waals surface area contributed by atoms with Gasteiger partial charge in [0.15, 0.2) is 6.10 Å². The van der Waals surface area contributed by atoms with Gasteiger partial charge in [0, 0.05) is 19.3 Å². The van der Waals surface area contributed by atoms with Crippen LogP contribution in [0, 0.1) is 5.92 Å². The molecule has 1 unspecified atom stereocenters. The third kappa shape index (κ3) is 36.2. The largest absolute Gasteiger partial charge is 0.462 e. The molecule has 0 spiro atoms. The van der Waals surface area contributed by atoms with Crippen molar-refractivity contribution in [1.82, 2.24) is 0 Å². The molecule has 0 saturated heterocycles. The van der Waals surface area contributed by atoms with E-state index in [-0.39, 0.29) is 31.1 Å². The predicted molar refractivity (Wildman–Crippen MR) is 210 cm³/mol. The highest BCUT2D eigenvalue weighted by Crippen LogP contribution is 2.16. The molecule has 0 aromatic heterocycles.